The van der Waals surface area contributed by atoms with Crippen LogP contribution in [0.4, 0.5) is 10.1 Å². The predicted octanol–water partition coefficient (Wildman–Crippen LogP) is 5.38. The fourth-order valence-corrected chi connectivity index (χ4v) is 4.56. The molecule has 160 valence electrons. The van der Waals surface area contributed by atoms with Crippen molar-refractivity contribution in [3.63, 3.8) is 0 Å². The summed E-state index contributed by atoms with van der Waals surface area (Å²) in [5, 5.41) is 6.23. The smallest absolute Gasteiger partial charge is 0.254 e. The van der Waals surface area contributed by atoms with Crippen molar-refractivity contribution in [3.05, 3.63) is 88.0 Å². The molecule has 2 N–H and O–H groups in total. The van der Waals surface area contributed by atoms with Crippen LogP contribution in [-0.2, 0) is 9.59 Å². The first-order valence-corrected chi connectivity index (χ1v) is 10.5. The van der Waals surface area contributed by atoms with Gasteiger partial charge in [-0.25, -0.2) is 4.39 Å². The van der Waals surface area contributed by atoms with Crippen LogP contribution in [-0.4, -0.2) is 11.7 Å². The van der Waals surface area contributed by atoms with Crippen LogP contribution in [0, 0.1) is 18.2 Å². The number of amides is 1. The molecule has 0 radical (unpaired) electrons. The summed E-state index contributed by atoms with van der Waals surface area (Å²) in [7, 11) is 0. The minimum Gasteiger partial charge on any atom is -0.362 e. The second-order valence-electron chi connectivity index (χ2n) is 9.30. The van der Waals surface area contributed by atoms with E-state index in [1.54, 1.807) is 0 Å². The molecule has 0 saturated carbocycles. The minimum atomic E-state index is -0.444. The molecule has 31 heavy (non-hydrogen) atoms. The summed E-state index contributed by atoms with van der Waals surface area (Å²) in [5.41, 5.74) is 5.23. The van der Waals surface area contributed by atoms with E-state index in [1.807, 2.05) is 38.1 Å². The average Bonchev–Trinajstić information content (AvgIpc) is 2.68. The number of ketones is 1. The van der Waals surface area contributed by atoms with Crippen LogP contribution in [0.3, 0.4) is 0 Å². The van der Waals surface area contributed by atoms with Crippen LogP contribution in [0.5, 0.6) is 0 Å². The predicted molar refractivity (Wildman–Crippen MR) is 120 cm³/mol. The third-order valence-corrected chi connectivity index (χ3v) is 6.00. The number of carbonyl (C=O) groups is 2. The summed E-state index contributed by atoms with van der Waals surface area (Å²) in [6.45, 7) is 8.06. The second kappa shape index (κ2) is 7.80. The summed E-state index contributed by atoms with van der Waals surface area (Å²) in [6, 6.07) is 13.6. The number of hydrogen-bond acceptors (Lipinski definition) is 3. The zero-order valence-corrected chi connectivity index (χ0v) is 18.3. The molecule has 0 saturated heterocycles. The molecule has 0 aromatic heterocycles. The number of rotatable bonds is 3. The van der Waals surface area contributed by atoms with Crippen molar-refractivity contribution in [1.29, 1.82) is 0 Å². The Balaban J connectivity index is 1.79. The molecule has 4 nitrogen and oxygen atoms in total. The molecule has 2 aromatic rings. The van der Waals surface area contributed by atoms with Crippen molar-refractivity contribution < 1.29 is 14.0 Å². The largest absolute Gasteiger partial charge is 0.362 e. The van der Waals surface area contributed by atoms with Gasteiger partial charge in [-0.1, -0.05) is 43.7 Å². The summed E-state index contributed by atoms with van der Waals surface area (Å²) >= 11 is 0. The van der Waals surface area contributed by atoms with Gasteiger partial charge in [-0.05, 0) is 55.5 Å². The zero-order valence-electron chi connectivity index (χ0n) is 18.3. The molecule has 2 aliphatic rings. The van der Waals surface area contributed by atoms with E-state index >= 15 is 0 Å². The SMILES string of the molecule is CC1=C(C(=O)Nc2ccc(F)cc2)C(c2ccc(C)cc2)C2=C(CC(C)(C)CC2=O)N1. The fraction of sp³-hybridized carbons (Fsp3) is 0.308. The Labute approximate surface area is 182 Å². The topological polar surface area (TPSA) is 58.2 Å². The number of allylic oxidation sites excluding steroid dienone is 3. The van der Waals surface area contributed by atoms with Crippen LogP contribution < -0.4 is 10.6 Å². The zero-order chi connectivity index (χ0) is 22.3. The van der Waals surface area contributed by atoms with Crippen molar-refractivity contribution in [2.75, 3.05) is 5.32 Å². The Hall–Kier alpha value is -3.21. The van der Waals surface area contributed by atoms with Crippen LogP contribution in [0.2, 0.25) is 0 Å². The van der Waals surface area contributed by atoms with Gasteiger partial charge in [-0.2, -0.15) is 0 Å². The molecule has 1 heterocycles. The Morgan fingerprint density at radius 2 is 1.68 bits per heavy atom. The Morgan fingerprint density at radius 3 is 2.32 bits per heavy atom. The number of hydrogen-bond donors (Lipinski definition) is 2. The van der Waals surface area contributed by atoms with Crippen LogP contribution in [0.1, 0.15) is 50.7 Å². The lowest BCUT2D eigenvalue weighted by Crippen LogP contribution is -2.39. The van der Waals surface area contributed by atoms with Gasteiger partial charge in [-0.3, -0.25) is 9.59 Å². The van der Waals surface area contributed by atoms with E-state index in [2.05, 4.69) is 24.5 Å². The molecule has 0 bridgehead atoms. The molecule has 1 atom stereocenters. The number of nitrogens with one attached hydrogen (secondary N) is 2. The van der Waals surface area contributed by atoms with Crippen molar-refractivity contribution >= 4 is 17.4 Å². The number of dihydropyridines is 1. The molecule has 1 aliphatic carbocycles. The lowest BCUT2D eigenvalue weighted by molar-refractivity contribution is -0.118. The molecular formula is C26H27FN2O2. The molecule has 2 aromatic carbocycles. The van der Waals surface area contributed by atoms with Crippen molar-refractivity contribution in [3.8, 4) is 0 Å². The van der Waals surface area contributed by atoms with Crippen LogP contribution in [0.25, 0.3) is 0 Å². The highest BCUT2D eigenvalue weighted by Crippen LogP contribution is 2.46. The quantitative estimate of drug-likeness (QED) is 0.704. The third-order valence-electron chi connectivity index (χ3n) is 6.00. The highest BCUT2D eigenvalue weighted by molar-refractivity contribution is 6.09. The average molecular weight is 419 g/mol. The van der Waals surface area contributed by atoms with Gasteiger partial charge in [0.25, 0.3) is 5.91 Å². The normalized spacial score (nSPS) is 20.3. The molecular weight excluding hydrogens is 391 g/mol. The van der Waals surface area contributed by atoms with Crippen molar-refractivity contribution in [2.24, 2.45) is 5.41 Å². The maximum atomic E-state index is 13.4. The van der Waals surface area contributed by atoms with E-state index in [4.69, 9.17) is 0 Å². The molecule has 0 spiro atoms. The summed E-state index contributed by atoms with van der Waals surface area (Å²) in [6.07, 6.45) is 1.20. The first kappa shape index (κ1) is 21.0. The highest BCUT2D eigenvalue weighted by atomic mass is 19.1. The van der Waals surface area contributed by atoms with Crippen LogP contribution >= 0.6 is 0 Å². The van der Waals surface area contributed by atoms with Gasteiger partial charge in [0.15, 0.2) is 5.78 Å². The Kier molecular flexibility index (Phi) is 5.29. The molecule has 4 rings (SSSR count). The molecule has 1 amide bonds. The van der Waals surface area contributed by atoms with E-state index in [0.717, 1.165) is 28.9 Å². The summed E-state index contributed by atoms with van der Waals surface area (Å²) < 4.78 is 13.3. The van der Waals surface area contributed by atoms with Gasteiger partial charge in [0.1, 0.15) is 5.82 Å². The van der Waals surface area contributed by atoms with Gasteiger partial charge < -0.3 is 10.6 Å². The van der Waals surface area contributed by atoms with Gasteiger partial charge in [0, 0.05) is 40.6 Å². The van der Waals surface area contributed by atoms with E-state index in [-0.39, 0.29) is 22.9 Å². The maximum Gasteiger partial charge on any atom is 0.254 e. The maximum absolute atomic E-state index is 13.4. The van der Waals surface area contributed by atoms with Gasteiger partial charge >= 0.3 is 0 Å². The van der Waals surface area contributed by atoms with E-state index in [1.165, 1.54) is 24.3 Å². The first-order valence-electron chi connectivity index (χ1n) is 10.5. The lowest BCUT2D eigenvalue weighted by Gasteiger charge is -2.39. The number of benzene rings is 2. The number of carbonyl (C=O) groups excluding carboxylic acids is 2. The Bertz CT molecular complexity index is 1110. The van der Waals surface area contributed by atoms with Gasteiger partial charge in [0.05, 0.1) is 0 Å². The summed E-state index contributed by atoms with van der Waals surface area (Å²) in [4.78, 5) is 26.7. The summed E-state index contributed by atoms with van der Waals surface area (Å²) in [5.74, 6) is -1.04. The Morgan fingerprint density at radius 1 is 1.03 bits per heavy atom. The number of halogens is 1. The monoisotopic (exact) mass is 418 g/mol. The standard InChI is InChI=1S/C26H27FN2O2/c1-15-5-7-17(8-6-15)23-22(25(31)29-19-11-9-18(27)10-12-19)16(2)28-20-13-26(3,4)14-21(30)24(20)23/h5-12,23,28H,13-14H2,1-4H3,(H,29,31). The highest BCUT2D eigenvalue weighted by Gasteiger charge is 2.42. The molecule has 1 unspecified atom stereocenters. The number of anilines is 1. The van der Waals surface area contributed by atoms with Gasteiger partial charge in [0.2, 0.25) is 0 Å². The number of aryl methyl sites for hydroxylation is 1. The third kappa shape index (κ3) is 4.18. The lowest BCUT2D eigenvalue weighted by atomic mass is 9.68. The van der Waals surface area contributed by atoms with E-state index in [9.17, 15) is 14.0 Å². The van der Waals surface area contributed by atoms with Crippen LogP contribution in [0.15, 0.2) is 71.1 Å². The molecule has 5 heteroatoms. The molecule has 0 fully saturated rings. The second-order valence-corrected chi connectivity index (χ2v) is 9.30. The van der Waals surface area contributed by atoms with E-state index in [0.29, 0.717) is 23.3 Å². The first-order chi connectivity index (χ1) is 14.6. The van der Waals surface area contributed by atoms with Crippen molar-refractivity contribution in [1.82, 2.24) is 5.32 Å². The van der Waals surface area contributed by atoms with E-state index < -0.39 is 5.92 Å². The van der Waals surface area contributed by atoms with Crippen molar-refractivity contribution in [2.45, 2.75) is 46.5 Å². The van der Waals surface area contributed by atoms with Gasteiger partial charge in [-0.15, -0.1) is 0 Å². The fourth-order valence-electron chi connectivity index (χ4n) is 4.56. The number of Topliss-reactive ketones (excluding diaryl/α,β-unsaturated/α-hetero) is 1. The minimum absolute atomic E-state index is 0.0731. The molecule has 1 aliphatic heterocycles.